The first-order valence-corrected chi connectivity index (χ1v) is 4.85. The molecule has 1 unspecified atom stereocenters. The van der Waals surface area contributed by atoms with E-state index in [1.54, 1.807) is 7.11 Å². The van der Waals surface area contributed by atoms with Crippen LogP contribution in [0.15, 0.2) is 0 Å². The number of rotatable bonds is 4. The fraction of sp³-hybridized carbons (Fsp3) is 0.900. The molecular weight excluding hydrogens is 168 g/mol. The summed E-state index contributed by atoms with van der Waals surface area (Å²) in [6, 6.07) is 0. The van der Waals surface area contributed by atoms with Crippen molar-refractivity contribution in [2.24, 2.45) is 5.92 Å². The summed E-state index contributed by atoms with van der Waals surface area (Å²) in [5.74, 6) is -0.343. The molecule has 1 saturated carbocycles. The Kier molecular flexibility index (Phi) is 3.31. The van der Waals surface area contributed by atoms with E-state index >= 15 is 0 Å². The third-order valence-electron chi connectivity index (χ3n) is 3.19. The average Bonchev–Trinajstić information content (AvgIpc) is 2.55. The standard InChI is InChI=1S/C10H18O3/c1-10(13-2,7-9(11)12)8-5-3-4-6-8/h8H,3-7H2,1-2H3,(H,11,12). The number of methoxy groups -OCH3 is 1. The number of hydrogen-bond donors (Lipinski definition) is 1. The van der Waals surface area contributed by atoms with Gasteiger partial charge in [0.15, 0.2) is 0 Å². The van der Waals surface area contributed by atoms with Crippen LogP contribution in [0.25, 0.3) is 0 Å². The predicted molar refractivity (Wildman–Crippen MR) is 49.6 cm³/mol. The van der Waals surface area contributed by atoms with Gasteiger partial charge in [0.1, 0.15) is 0 Å². The Labute approximate surface area is 79.1 Å². The van der Waals surface area contributed by atoms with Crippen LogP contribution < -0.4 is 0 Å². The maximum atomic E-state index is 10.7. The van der Waals surface area contributed by atoms with Crippen molar-refractivity contribution in [3.8, 4) is 0 Å². The van der Waals surface area contributed by atoms with Crippen LogP contribution in [0.3, 0.4) is 0 Å². The van der Waals surface area contributed by atoms with Crippen LogP contribution in [0.1, 0.15) is 39.0 Å². The summed E-state index contributed by atoms with van der Waals surface area (Å²) in [4.78, 5) is 10.7. The van der Waals surface area contributed by atoms with E-state index < -0.39 is 11.6 Å². The summed E-state index contributed by atoms with van der Waals surface area (Å²) in [5.41, 5.74) is -0.456. The molecule has 0 amide bonds. The summed E-state index contributed by atoms with van der Waals surface area (Å²) in [6.45, 7) is 1.91. The quantitative estimate of drug-likeness (QED) is 0.731. The zero-order valence-corrected chi connectivity index (χ0v) is 8.38. The normalized spacial score (nSPS) is 22.9. The van der Waals surface area contributed by atoms with Gasteiger partial charge in [0.25, 0.3) is 0 Å². The topological polar surface area (TPSA) is 46.5 Å². The fourth-order valence-corrected chi connectivity index (χ4v) is 2.22. The Morgan fingerprint density at radius 2 is 2.08 bits per heavy atom. The van der Waals surface area contributed by atoms with Crippen LogP contribution >= 0.6 is 0 Å². The van der Waals surface area contributed by atoms with E-state index in [-0.39, 0.29) is 6.42 Å². The monoisotopic (exact) mass is 186 g/mol. The van der Waals surface area contributed by atoms with Gasteiger partial charge in [-0.25, -0.2) is 0 Å². The van der Waals surface area contributed by atoms with E-state index in [2.05, 4.69) is 0 Å². The Bertz CT molecular complexity index is 185. The second-order valence-corrected chi connectivity index (χ2v) is 4.07. The van der Waals surface area contributed by atoms with Gasteiger partial charge in [-0.1, -0.05) is 12.8 Å². The fourth-order valence-electron chi connectivity index (χ4n) is 2.22. The van der Waals surface area contributed by atoms with Gasteiger partial charge in [0.05, 0.1) is 12.0 Å². The summed E-state index contributed by atoms with van der Waals surface area (Å²) in [7, 11) is 1.61. The van der Waals surface area contributed by atoms with E-state index in [4.69, 9.17) is 9.84 Å². The maximum absolute atomic E-state index is 10.7. The number of hydrogen-bond acceptors (Lipinski definition) is 2. The van der Waals surface area contributed by atoms with Crippen molar-refractivity contribution in [2.45, 2.75) is 44.6 Å². The van der Waals surface area contributed by atoms with Gasteiger partial charge in [0.2, 0.25) is 0 Å². The number of aliphatic carboxylic acids is 1. The molecule has 0 spiro atoms. The zero-order valence-electron chi connectivity index (χ0n) is 8.38. The molecule has 13 heavy (non-hydrogen) atoms. The van der Waals surface area contributed by atoms with Gasteiger partial charge in [-0.05, 0) is 25.7 Å². The molecule has 0 radical (unpaired) electrons. The van der Waals surface area contributed by atoms with Gasteiger partial charge < -0.3 is 9.84 Å². The van der Waals surface area contributed by atoms with E-state index in [9.17, 15) is 4.79 Å². The molecule has 0 aromatic carbocycles. The predicted octanol–water partition coefficient (Wildman–Crippen LogP) is 2.06. The van der Waals surface area contributed by atoms with E-state index in [1.807, 2.05) is 6.92 Å². The van der Waals surface area contributed by atoms with Crippen LogP contribution in [-0.4, -0.2) is 23.8 Å². The number of ether oxygens (including phenoxy) is 1. The van der Waals surface area contributed by atoms with E-state index in [0.717, 1.165) is 12.8 Å². The van der Waals surface area contributed by atoms with Crippen LogP contribution in [0.4, 0.5) is 0 Å². The average molecular weight is 186 g/mol. The molecule has 1 rings (SSSR count). The third kappa shape index (κ3) is 2.44. The molecule has 76 valence electrons. The Morgan fingerprint density at radius 1 is 1.54 bits per heavy atom. The van der Waals surface area contributed by atoms with Gasteiger partial charge >= 0.3 is 5.97 Å². The maximum Gasteiger partial charge on any atom is 0.306 e. The molecule has 3 heteroatoms. The van der Waals surface area contributed by atoms with Crippen molar-refractivity contribution in [3.63, 3.8) is 0 Å². The lowest BCUT2D eigenvalue weighted by Crippen LogP contribution is -2.37. The van der Waals surface area contributed by atoms with Crippen molar-refractivity contribution in [1.29, 1.82) is 0 Å². The highest BCUT2D eigenvalue weighted by Crippen LogP contribution is 2.37. The highest BCUT2D eigenvalue weighted by molar-refractivity contribution is 5.68. The van der Waals surface area contributed by atoms with Gasteiger partial charge in [-0.3, -0.25) is 4.79 Å². The summed E-state index contributed by atoms with van der Waals surface area (Å²) in [6.07, 6.45) is 4.76. The highest BCUT2D eigenvalue weighted by Gasteiger charge is 2.37. The minimum atomic E-state index is -0.767. The van der Waals surface area contributed by atoms with Crippen molar-refractivity contribution in [1.82, 2.24) is 0 Å². The molecular formula is C10H18O3. The SMILES string of the molecule is COC(C)(CC(=O)O)C1CCCC1. The smallest absolute Gasteiger partial charge is 0.306 e. The molecule has 1 aliphatic rings. The van der Waals surface area contributed by atoms with Crippen molar-refractivity contribution in [3.05, 3.63) is 0 Å². The molecule has 1 aliphatic carbocycles. The summed E-state index contributed by atoms with van der Waals surface area (Å²) >= 11 is 0. The molecule has 3 nitrogen and oxygen atoms in total. The number of carboxylic acid groups (broad SMARTS) is 1. The van der Waals surface area contributed by atoms with E-state index in [1.165, 1.54) is 12.8 Å². The molecule has 0 aromatic rings. The van der Waals surface area contributed by atoms with Crippen LogP contribution in [-0.2, 0) is 9.53 Å². The Hall–Kier alpha value is -0.570. The van der Waals surface area contributed by atoms with Crippen LogP contribution in [0.2, 0.25) is 0 Å². The van der Waals surface area contributed by atoms with Crippen LogP contribution in [0, 0.1) is 5.92 Å². The summed E-state index contributed by atoms with van der Waals surface area (Å²) in [5, 5.41) is 8.76. The molecule has 0 saturated heterocycles. The van der Waals surface area contributed by atoms with Crippen LogP contribution in [0.5, 0.6) is 0 Å². The van der Waals surface area contributed by atoms with Gasteiger partial charge in [-0.15, -0.1) is 0 Å². The van der Waals surface area contributed by atoms with Crippen molar-refractivity contribution in [2.75, 3.05) is 7.11 Å². The molecule has 0 bridgehead atoms. The second-order valence-electron chi connectivity index (χ2n) is 4.07. The first-order chi connectivity index (χ1) is 6.08. The first kappa shape index (κ1) is 10.5. The van der Waals surface area contributed by atoms with Crippen molar-refractivity contribution >= 4 is 5.97 Å². The first-order valence-electron chi connectivity index (χ1n) is 4.85. The summed E-state index contributed by atoms with van der Waals surface area (Å²) < 4.78 is 5.35. The largest absolute Gasteiger partial charge is 0.481 e. The minimum Gasteiger partial charge on any atom is -0.481 e. The molecule has 0 heterocycles. The molecule has 0 aromatic heterocycles. The third-order valence-corrected chi connectivity index (χ3v) is 3.19. The minimum absolute atomic E-state index is 0.119. The molecule has 1 fully saturated rings. The van der Waals surface area contributed by atoms with Gasteiger partial charge in [-0.2, -0.15) is 0 Å². The molecule has 1 N–H and O–H groups in total. The zero-order chi connectivity index (χ0) is 9.90. The lowest BCUT2D eigenvalue weighted by atomic mass is 9.85. The van der Waals surface area contributed by atoms with Crippen molar-refractivity contribution < 1.29 is 14.6 Å². The van der Waals surface area contributed by atoms with E-state index in [0.29, 0.717) is 5.92 Å². The molecule has 1 atom stereocenters. The lowest BCUT2D eigenvalue weighted by molar-refractivity contribution is -0.146. The Morgan fingerprint density at radius 3 is 2.46 bits per heavy atom. The number of carbonyl (C=O) groups is 1. The molecule has 0 aliphatic heterocycles. The Balaban J connectivity index is 2.61. The van der Waals surface area contributed by atoms with Gasteiger partial charge in [0, 0.05) is 7.11 Å². The number of carboxylic acids is 1. The second kappa shape index (κ2) is 4.09. The highest BCUT2D eigenvalue weighted by atomic mass is 16.5. The lowest BCUT2D eigenvalue weighted by Gasteiger charge is -2.32.